The van der Waals surface area contributed by atoms with Crippen molar-refractivity contribution < 1.29 is 4.74 Å². The van der Waals surface area contributed by atoms with E-state index in [-0.39, 0.29) is 0 Å². The summed E-state index contributed by atoms with van der Waals surface area (Å²) in [4.78, 5) is 0.429. The Labute approximate surface area is 106 Å². The molecule has 1 aromatic rings. The van der Waals surface area contributed by atoms with Gasteiger partial charge in [-0.05, 0) is 38.3 Å². The molecule has 2 rings (SSSR count). The molecule has 88 valence electrons. The highest BCUT2D eigenvalue weighted by atomic mass is 79.9. The van der Waals surface area contributed by atoms with Crippen molar-refractivity contribution in [1.29, 1.82) is 0 Å². The van der Waals surface area contributed by atoms with E-state index < -0.39 is 0 Å². The van der Waals surface area contributed by atoms with Crippen LogP contribution in [0.15, 0.2) is 18.2 Å². The lowest BCUT2D eigenvalue weighted by Gasteiger charge is -2.18. The zero-order valence-corrected chi connectivity index (χ0v) is 11.8. The second kappa shape index (κ2) is 4.89. The van der Waals surface area contributed by atoms with E-state index >= 15 is 0 Å². The van der Waals surface area contributed by atoms with Gasteiger partial charge in [0.25, 0.3) is 0 Å². The second-order valence-corrected chi connectivity index (χ2v) is 5.89. The Balaban J connectivity index is 2.17. The number of hydrogen-bond acceptors (Lipinski definition) is 1. The molecule has 16 heavy (non-hydrogen) atoms. The number of rotatable bonds is 2. The lowest BCUT2D eigenvalue weighted by Crippen LogP contribution is -2.09. The minimum Gasteiger partial charge on any atom is -0.378 e. The topological polar surface area (TPSA) is 9.23 Å². The molecule has 1 nitrogen and oxygen atoms in total. The van der Waals surface area contributed by atoms with Crippen molar-refractivity contribution in [2.45, 2.75) is 38.1 Å². The Morgan fingerprint density at radius 3 is 2.69 bits per heavy atom. The maximum absolute atomic E-state index is 5.64. The van der Waals surface area contributed by atoms with Gasteiger partial charge in [-0.25, -0.2) is 0 Å². The van der Waals surface area contributed by atoms with Crippen LogP contribution in [0.4, 0.5) is 0 Å². The quantitative estimate of drug-likeness (QED) is 0.740. The van der Waals surface area contributed by atoms with Gasteiger partial charge in [0, 0.05) is 10.7 Å². The molecule has 2 heteroatoms. The van der Waals surface area contributed by atoms with Gasteiger partial charge in [-0.3, -0.25) is 0 Å². The monoisotopic (exact) mass is 282 g/mol. The molecule has 0 spiro atoms. The van der Waals surface area contributed by atoms with E-state index in [1.807, 2.05) is 0 Å². The number of ether oxygens (including phenoxy) is 1. The minimum absolute atomic E-state index is 0.413. The summed E-state index contributed by atoms with van der Waals surface area (Å²) >= 11 is 3.84. The highest BCUT2D eigenvalue weighted by molar-refractivity contribution is 9.09. The molecular weight excluding hydrogens is 264 g/mol. The standard InChI is InChI=1S/C14H19BrO/c1-9-4-5-13(10(2)6-9)14(15)12-7-11(3)16-8-12/h4-6,11-12,14H,7-8H2,1-3H3. The smallest absolute Gasteiger partial charge is 0.0551 e. The van der Waals surface area contributed by atoms with Gasteiger partial charge in [-0.15, -0.1) is 0 Å². The van der Waals surface area contributed by atoms with Crippen LogP contribution in [0.1, 0.15) is 34.9 Å². The summed E-state index contributed by atoms with van der Waals surface area (Å²) < 4.78 is 5.64. The second-order valence-electron chi connectivity index (χ2n) is 4.90. The van der Waals surface area contributed by atoms with E-state index in [0.717, 1.165) is 13.0 Å². The molecule has 3 atom stereocenters. The first-order valence-corrected chi connectivity index (χ1v) is 6.82. The SMILES string of the molecule is Cc1ccc(C(Br)C2COC(C)C2)c(C)c1. The molecule has 1 aliphatic heterocycles. The zero-order chi connectivity index (χ0) is 11.7. The molecule has 1 aromatic carbocycles. The fourth-order valence-corrected chi connectivity index (χ4v) is 3.33. The Bertz CT molecular complexity index is 375. The van der Waals surface area contributed by atoms with E-state index in [4.69, 9.17) is 4.74 Å². The number of aryl methyl sites for hydroxylation is 2. The van der Waals surface area contributed by atoms with Crippen molar-refractivity contribution in [2.75, 3.05) is 6.61 Å². The van der Waals surface area contributed by atoms with Crippen LogP contribution in [0.3, 0.4) is 0 Å². The molecule has 0 radical (unpaired) electrons. The van der Waals surface area contributed by atoms with Gasteiger partial charge in [0.15, 0.2) is 0 Å². The number of alkyl halides is 1. The average molecular weight is 283 g/mol. The third-order valence-electron chi connectivity index (χ3n) is 3.37. The summed E-state index contributed by atoms with van der Waals surface area (Å²) in [6.07, 6.45) is 1.57. The van der Waals surface area contributed by atoms with Crippen molar-refractivity contribution in [3.63, 3.8) is 0 Å². The first-order valence-electron chi connectivity index (χ1n) is 5.90. The maximum Gasteiger partial charge on any atom is 0.0551 e. The Morgan fingerprint density at radius 2 is 2.12 bits per heavy atom. The van der Waals surface area contributed by atoms with Crippen LogP contribution >= 0.6 is 15.9 Å². The van der Waals surface area contributed by atoms with Crippen molar-refractivity contribution in [1.82, 2.24) is 0 Å². The normalized spacial score (nSPS) is 27.0. The summed E-state index contributed by atoms with van der Waals surface area (Å²) in [6.45, 7) is 7.36. The number of hydrogen-bond donors (Lipinski definition) is 0. The highest BCUT2D eigenvalue weighted by Gasteiger charge is 2.29. The summed E-state index contributed by atoms with van der Waals surface area (Å²) in [5, 5.41) is 0. The molecule has 1 aliphatic rings. The maximum atomic E-state index is 5.64. The molecule has 1 heterocycles. The fraction of sp³-hybridized carbons (Fsp3) is 0.571. The first-order chi connectivity index (χ1) is 7.58. The Hall–Kier alpha value is -0.340. The molecule has 0 aromatic heterocycles. The van der Waals surface area contributed by atoms with Gasteiger partial charge in [-0.2, -0.15) is 0 Å². The fourth-order valence-electron chi connectivity index (χ4n) is 2.44. The molecule has 0 aliphatic carbocycles. The van der Waals surface area contributed by atoms with Gasteiger partial charge >= 0.3 is 0 Å². The molecule has 0 amide bonds. The van der Waals surface area contributed by atoms with Gasteiger partial charge in [0.05, 0.1) is 12.7 Å². The van der Waals surface area contributed by atoms with Gasteiger partial charge in [0.2, 0.25) is 0 Å². The number of benzene rings is 1. The van der Waals surface area contributed by atoms with Crippen LogP contribution in [0.25, 0.3) is 0 Å². The van der Waals surface area contributed by atoms with Crippen LogP contribution in [0.5, 0.6) is 0 Å². The van der Waals surface area contributed by atoms with E-state index in [1.165, 1.54) is 16.7 Å². The van der Waals surface area contributed by atoms with Crippen LogP contribution < -0.4 is 0 Å². The van der Waals surface area contributed by atoms with E-state index in [2.05, 4.69) is 54.9 Å². The lowest BCUT2D eigenvalue weighted by atomic mass is 9.93. The van der Waals surface area contributed by atoms with Gasteiger partial charge < -0.3 is 4.74 Å². The molecule has 0 bridgehead atoms. The van der Waals surface area contributed by atoms with Crippen LogP contribution in [0.2, 0.25) is 0 Å². The summed E-state index contributed by atoms with van der Waals surface area (Å²) in [6, 6.07) is 6.69. The predicted octanol–water partition coefficient (Wildman–Crippen LogP) is 4.16. The van der Waals surface area contributed by atoms with Crippen LogP contribution in [-0.2, 0) is 4.74 Å². The van der Waals surface area contributed by atoms with Gasteiger partial charge in [0.1, 0.15) is 0 Å². The molecule has 3 unspecified atom stereocenters. The Kier molecular flexibility index (Phi) is 3.70. The third kappa shape index (κ3) is 2.49. The summed E-state index contributed by atoms with van der Waals surface area (Å²) in [7, 11) is 0. The average Bonchev–Trinajstić information content (AvgIpc) is 2.64. The van der Waals surface area contributed by atoms with Gasteiger partial charge in [-0.1, -0.05) is 39.7 Å². The third-order valence-corrected chi connectivity index (χ3v) is 4.61. The van der Waals surface area contributed by atoms with Crippen molar-refractivity contribution in [2.24, 2.45) is 5.92 Å². The summed E-state index contributed by atoms with van der Waals surface area (Å²) in [5.74, 6) is 0.608. The zero-order valence-electron chi connectivity index (χ0n) is 10.2. The predicted molar refractivity (Wildman–Crippen MR) is 71.1 cm³/mol. The van der Waals surface area contributed by atoms with E-state index in [1.54, 1.807) is 0 Å². The van der Waals surface area contributed by atoms with Crippen molar-refractivity contribution >= 4 is 15.9 Å². The lowest BCUT2D eigenvalue weighted by molar-refractivity contribution is 0.120. The van der Waals surface area contributed by atoms with Crippen LogP contribution in [-0.4, -0.2) is 12.7 Å². The van der Waals surface area contributed by atoms with E-state index in [0.29, 0.717) is 16.8 Å². The number of halogens is 1. The first kappa shape index (κ1) is 12.1. The summed E-state index contributed by atoms with van der Waals surface area (Å²) in [5.41, 5.74) is 4.12. The Morgan fingerprint density at radius 1 is 1.38 bits per heavy atom. The highest BCUT2D eigenvalue weighted by Crippen LogP contribution is 2.39. The van der Waals surface area contributed by atoms with E-state index in [9.17, 15) is 0 Å². The van der Waals surface area contributed by atoms with Crippen LogP contribution in [0, 0.1) is 19.8 Å². The molecular formula is C14H19BrO. The minimum atomic E-state index is 0.413. The van der Waals surface area contributed by atoms with Crippen molar-refractivity contribution in [3.8, 4) is 0 Å². The molecule has 1 fully saturated rings. The molecule has 1 saturated heterocycles. The molecule has 0 saturated carbocycles. The largest absolute Gasteiger partial charge is 0.378 e. The van der Waals surface area contributed by atoms with Crippen molar-refractivity contribution in [3.05, 3.63) is 34.9 Å². The molecule has 0 N–H and O–H groups in total.